The van der Waals surface area contributed by atoms with Gasteiger partial charge in [0.1, 0.15) is 36.8 Å². The van der Waals surface area contributed by atoms with E-state index in [2.05, 4.69) is 15.1 Å². The lowest BCUT2D eigenvalue weighted by molar-refractivity contribution is -0.0438. The van der Waals surface area contributed by atoms with Crippen molar-refractivity contribution in [2.75, 3.05) is 13.2 Å². The van der Waals surface area contributed by atoms with E-state index in [0.29, 0.717) is 23.8 Å². The third kappa shape index (κ3) is 3.16. The summed E-state index contributed by atoms with van der Waals surface area (Å²) in [5.41, 5.74) is 1.03. The lowest BCUT2D eigenvalue weighted by atomic mass is 10.1. The van der Waals surface area contributed by atoms with Crippen molar-refractivity contribution >= 4 is 5.65 Å². The first-order chi connectivity index (χ1) is 12.7. The second-order valence-corrected chi connectivity index (χ2v) is 6.74. The van der Waals surface area contributed by atoms with Crippen molar-refractivity contribution in [3.8, 4) is 5.88 Å². The molecule has 1 aliphatic carbocycles. The highest BCUT2D eigenvalue weighted by Crippen LogP contribution is 2.35. The van der Waals surface area contributed by atoms with Crippen LogP contribution in [0.1, 0.15) is 44.4 Å². The van der Waals surface area contributed by atoms with Gasteiger partial charge in [0.2, 0.25) is 5.65 Å². The van der Waals surface area contributed by atoms with Gasteiger partial charge in [-0.05, 0) is 32.6 Å². The number of hydrogen-bond donors (Lipinski definition) is 2. The SMILES string of the molecule is CCOC[C@H]1O[C@@H](c2cnc3c(OC4CCCC4)ncnn23)[C@H](O)[C@@H]1O. The summed E-state index contributed by atoms with van der Waals surface area (Å²) >= 11 is 0. The molecule has 4 atom stereocenters. The Morgan fingerprint density at radius 2 is 2.04 bits per heavy atom. The maximum atomic E-state index is 10.4. The molecule has 0 amide bonds. The molecule has 3 heterocycles. The van der Waals surface area contributed by atoms with E-state index in [1.165, 1.54) is 6.33 Å². The molecule has 0 aromatic carbocycles. The van der Waals surface area contributed by atoms with Crippen LogP contribution in [0.3, 0.4) is 0 Å². The van der Waals surface area contributed by atoms with Crippen LogP contribution in [0.25, 0.3) is 5.65 Å². The first-order valence-corrected chi connectivity index (χ1v) is 9.13. The van der Waals surface area contributed by atoms with Gasteiger partial charge in [-0.3, -0.25) is 0 Å². The summed E-state index contributed by atoms with van der Waals surface area (Å²) in [6.45, 7) is 2.59. The Morgan fingerprint density at radius 1 is 1.23 bits per heavy atom. The van der Waals surface area contributed by atoms with Gasteiger partial charge in [-0.1, -0.05) is 0 Å². The van der Waals surface area contributed by atoms with E-state index in [9.17, 15) is 10.2 Å². The zero-order valence-electron chi connectivity index (χ0n) is 14.7. The van der Waals surface area contributed by atoms with Crippen LogP contribution in [-0.4, -0.2) is 67.4 Å². The number of nitrogens with zero attached hydrogens (tertiary/aromatic N) is 4. The molecule has 0 bridgehead atoms. The van der Waals surface area contributed by atoms with Crippen LogP contribution in [0.2, 0.25) is 0 Å². The van der Waals surface area contributed by atoms with Crippen molar-refractivity contribution in [3.63, 3.8) is 0 Å². The highest BCUT2D eigenvalue weighted by molar-refractivity contribution is 5.49. The smallest absolute Gasteiger partial charge is 0.261 e. The van der Waals surface area contributed by atoms with E-state index in [1.807, 2.05) is 6.92 Å². The summed E-state index contributed by atoms with van der Waals surface area (Å²) in [7, 11) is 0. The molecule has 9 nitrogen and oxygen atoms in total. The Labute approximate surface area is 150 Å². The average molecular weight is 364 g/mol. The van der Waals surface area contributed by atoms with Gasteiger partial charge in [0.05, 0.1) is 18.5 Å². The van der Waals surface area contributed by atoms with Crippen LogP contribution in [0, 0.1) is 0 Å². The molecule has 2 aromatic rings. The Bertz CT molecular complexity index is 748. The summed E-state index contributed by atoms with van der Waals surface area (Å²) in [6.07, 6.45) is 4.00. The molecule has 9 heteroatoms. The molecule has 1 saturated heterocycles. The van der Waals surface area contributed by atoms with Crippen LogP contribution in [0.4, 0.5) is 0 Å². The van der Waals surface area contributed by atoms with Gasteiger partial charge in [0.25, 0.3) is 5.88 Å². The fourth-order valence-corrected chi connectivity index (χ4v) is 3.62. The van der Waals surface area contributed by atoms with Crippen molar-refractivity contribution in [1.29, 1.82) is 0 Å². The maximum Gasteiger partial charge on any atom is 0.261 e. The van der Waals surface area contributed by atoms with E-state index in [0.717, 1.165) is 25.7 Å². The molecular weight excluding hydrogens is 340 g/mol. The normalized spacial score (nSPS) is 29.7. The molecule has 2 N–H and O–H groups in total. The van der Waals surface area contributed by atoms with E-state index in [1.54, 1.807) is 10.7 Å². The third-order valence-electron chi connectivity index (χ3n) is 5.02. The molecule has 0 spiro atoms. The second-order valence-electron chi connectivity index (χ2n) is 6.74. The van der Waals surface area contributed by atoms with Crippen molar-refractivity contribution in [2.45, 2.75) is 63.1 Å². The predicted octanol–water partition coefficient (Wildman–Crippen LogP) is 0.644. The van der Waals surface area contributed by atoms with Crippen molar-refractivity contribution in [1.82, 2.24) is 19.6 Å². The Hall–Kier alpha value is -1.81. The zero-order valence-corrected chi connectivity index (χ0v) is 14.7. The monoisotopic (exact) mass is 364 g/mol. The van der Waals surface area contributed by atoms with Gasteiger partial charge in [0, 0.05) is 6.61 Å². The fraction of sp³-hybridized carbons (Fsp3) is 0.706. The van der Waals surface area contributed by atoms with Gasteiger partial charge in [0.15, 0.2) is 0 Å². The highest BCUT2D eigenvalue weighted by Gasteiger charge is 2.45. The first kappa shape index (κ1) is 17.6. The standard InChI is InChI=1S/C17H24N4O5/c1-2-24-8-12-13(22)14(23)15(26-12)11-7-18-16-17(19-9-20-21(11)16)25-10-5-3-4-6-10/h7,9-10,12-15,22-23H,2-6,8H2,1H3/t12-,13-,14-,15+/m1/s1. The molecule has 4 rings (SSSR count). The molecule has 0 unspecified atom stereocenters. The van der Waals surface area contributed by atoms with Gasteiger partial charge < -0.3 is 24.4 Å². The maximum absolute atomic E-state index is 10.4. The van der Waals surface area contributed by atoms with E-state index in [-0.39, 0.29) is 12.7 Å². The lowest BCUT2D eigenvalue weighted by Crippen LogP contribution is -2.33. The highest BCUT2D eigenvalue weighted by atomic mass is 16.6. The molecule has 1 aliphatic heterocycles. The Kier molecular flexibility index (Phi) is 5.03. The Balaban J connectivity index is 1.59. The van der Waals surface area contributed by atoms with Gasteiger partial charge >= 0.3 is 0 Å². The average Bonchev–Trinajstić information content (AvgIpc) is 3.36. The molecule has 0 radical (unpaired) electrons. The number of hydrogen-bond acceptors (Lipinski definition) is 8. The minimum Gasteiger partial charge on any atom is -0.472 e. The van der Waals surface area contributed by atoms with Gasteiger partial charge in [-0.25, -0.2) is 9.50 Å². The second kappa shape index (κ2) is 7.43. The summed E-state index contributed by atoms with van der Waals surface area (Å²) < 4.78 is 18.7. The number of ether oxygens (including phenoxy) is 3. The quantitative estimate of drug-likeness (QED) is 0.768. The number of aliphatic hydroxyl groups excluding tert-OH is 2. The van der Waals surface area contributed by atoms with Crippen molar-refractivity contribution < 1.29 is 24.4 Å². The summed E-state index contributed by atoms with van der Waals surface area (Å²) in [4.78, 5) is 8.57. The van der Waals surface area contributed by atoms with E-state index in [4.69, 9.17) is 14.2 Å². The largest absolute Gasteiger partial charge is 0.472 e. The minimum atomic E-state index is -1.09. The molecule has 142 valence electrons. The topological polar surface area (TPSA) is 111 Å². The van der Waals surface area contributed by atoms with Crippen LogP contribution < -0.4 is 4.74 Å². The molecule has 2 aliphatic rings. The third-order valence-corrected chi connectivity index (χ3v) is 5.02. The molecule has 1 saturated carbocycles. The first-order valence-electron chi connectivity index (χ1n) is 9.13. The number of fused-ring (bicyclic) bond motifs is 1. The zero-order chi connectivity index (χ0) is 18.1. The fourth-order valence-electron chi connectivity index (χ4n) is 3.62. The number of imidazole rings is 1. The van der Waals surface area contributed by atoms with E-state index < -0.39 is 24.4 Å². The van der Waals surface area contributed by atoms with Crippen LogP contribution in [0.5, 0.6) is 5.88 Å². The van der Waals surface area contributed by atoms with Gasteiger partial charge in [-0.15, -0.1) is 0 Å². The Morgan fingerprint density at radius 3 is 2.81 bits per heavy atom. The van der Waals surface area contributed by atoms with Crippen LogP contribution >= 0.6 is 0 Å². The summed E-state index contributed by atoms with van der Waals surface area (Å²) in [6, 6.07) is 0. The number of aliphatic hydroxyl groups is 2. The molecule has 2 aromatic heterocycles. The lowest BCUT2D eigenvalue weighted by Gasteiger charge is -2.15. The summed E-state index contributed by atoms with van der Waals surface area (Å²) in [5, 5.41) is 24.9. The van der Waals surface area contributed by atoms with Crippen LogP contribution in [-0.2, 0) is 9.47 Å². The summed E-state index contributed by atoms with van der Waals surface area (Å²) in [5.74, 6) is 0.428. The van der Waals surface area contributed by atoms with Gasteiger partial charge in [-0.2, -0.15) is 10.1 Å². The van der Waals surface area contributed by atoms with Crippen LogP contribution in [0.15, 0.2) is 12.5 Å². The van der Waals surface area contributed by atoms with Crippen molar-refractivity contribution in [3.05, 3.63) is 18.2 Å². The van der Waals surface area contributed by atoms with Crippen molar-refractivity contribution in [2.24, 2.45) is 0 Å². The van der Waals surface area contributed by atoms with E-state index >= 15 is 0 Å². The number of aromatic nitrogens is 4. The predicted molar refractivity (Wildman–Crippen MR) is 89.8 cm³/mol. The number of rotatable bonds is 6. The minimum absolute atomic E-state index is 0.152. The molecular formula is C17H24N4O5. The molecule has 2 fully saturated rings. The molecule has 26 heavy (non-hydrogen) atoms.